The fourth-order valence-corrected chi connectivity index (χ4v) is 3.35. The third-order valence-corrected chi connectivity index (χ3v) is 4.35. The molecule has 1 amide bonds. The average molecular weight is 274 g/mol. The van der Waals surface area contributed by atoms with Crippen molar-refractivity contribution in [3.63, 3.8) is 0 Å². The maximum atomic E-state index is 12.6. The van der Waals surface area contributed by atoms with Crippen LogP contribution in [0.3, 0.4) is 0 Å². The number of benzene rings is 1. The Morgan fingerprint density at radius 2 is 2.20 bits per heavy atom. The summed E-state index contributed by atoms with van der Waals surface area (Å²) >= 11 is 0. The molecule has 1 saturated heterocycles. The number of hydrogen-bond donors (Lipinski definition) is 2. The van der Waals surface area contributed by atoms with E-state index in [0.717, 1.165) is 31.4 Å². The highest BCUT2D eigenvalue weighted by Gasteiger charge is 2.45. The lowest BCUT2D eigenvalue weighted by atomic mass is 9.87. The van der Waals surface area contributed by atoms with Crippen molar-refractivity contribution in [1.29, 1.82) is 0 Å². The largest absolute Gasteiger partial charge is 0.386 e. The summed E-state index contributed by atoms with van der Waals surface area (Å²) in [5.74, 6) is 0.0953. The minimum Gasteiger partial charge on any atom is -0.386 e. The highest BCUT2D eigenvalue weighted by Crippen LogP contribution is 2.31. The van der Waals surface area contributed by atoms with E-state index in [1.165, 1.54) is 5.56 Å². The summed E-state index contributed by atoms with van der Waals surface area (Å²) in [5.41, 5.74) is 1.70. The van der Waals surface area contributed by atoms with Crippen LogP contribution in [0.1, 0.15) is 36.9 Å². The first-order chi connectivity index (χ1) is 9.63. The van der Waals surface area contributed by atoms with Crippen LogP contribution < -0.4 is 5.32 Å². The lowest BCUT2D eigenvalue weighted by Gasteiger charge is -2.48. The van der Waals surface area contributed by atoms with Gasteiger partial charge in [0.15, 0.2) is 0 Å². The maximum Gasteiger partial charge on any atom is 0.244 e. The fourth-order valence-electron chi connectivity index (χ4n) is 3.35. The van der Waals surface area contributed by atoms with Crippen molar-refractivity contribution in [1.82, 2.24) is 10.2 Å². The first-order valence-electron chi connectivity index (χ1n) is 7.45. The molecule has 4 nitrogen and oxygen atoms in total. The number of hydrogen-bond acceptors (Lipinski definition) is 3. The van der Waals surface area contributed by atoms with E-state index in [4.69, 9.17) is 0 Å². The van der Waals surface area contributed by atoms with Gasteiger partial charge in [0.2, 0.25) is 5.91 Å². The molecule has 0 spiro atoms. The topological polar surface area (TPSA) is 52.6 Å². The quantitative estimate of drug-likeness (QED) is 0.872. The fraction of sp³-hybridized carbons (Fsp3) is 0.562. The predicted molar refractivity (Wildman–Crippen MR) is 77.3 cm³/mol. The van der Waals surface area contributed by atoms with Crippen molar-refractivity contribution in [2.24, 2.45) is 0 Å². The molecule has 0 aliphatic carbocycles. The van der Waals surface area contributed by atoms with Crippen LogP contribution >= 0.6 is 0 Å². The lowest BCUT2D eigenvalue weighted by molar-refractivity contribution is -0.159. The van der Waals surface area contributed by atoms with Gasteiger partial charge in [-0.15, -0.1) is 0 Å². The Balaban J connectivity index is 1.71. The zero-order valence-electron chi connectivity index (χ0n) is 11.9. The Kier molecular flexibility index (Phi) is 3.52. The average Bonchev–Trinajstić information content (AvgIpc) is 2.43. The van der Waals surface area contributed by atoms with Gasteiger partial charge in [-0.2, -0.15) is 0 Å². The van der Waals surface area contributed by atoms with Gasteiger partial charge in [0.25, 0.3) is 0 Å². The summed E-state index contributed by atoms with van der Waals surface area (Å²) in [7, 11) is 0. The van der Waals surface area contributed by atoms with E-state index in [1.54, 1.807) is 4.90 Å². The number of carbonyl (C=O) groups is 1. The van der Waals surface area contributed by atoms with Crippen molar-refractivity contribution in [3.8, 4) is 0 Å². The smallest absolute Gasteiger partial charge is 0.244 e. The number of nitrogens with one attached hydrogen (secondary N) is 1. The lowest BCUT2D eigenvalue weighted by Crippen LogP contribution is -2.65. The second-order valence-electron chi connectivity index (χ2n) is 6.00. The normalized spacial score (nSPS) is 23.9. The number of likely N-dealkylation sites (tertiary alicyclic amines) is 1. The Hall–Kier alpha value is -1.39. The SMILES string of the molecule is CCCC1(O)CN(C(=O)C2NCCc3ccccc32)C1. The zero-order chi connectivity index (χ0) is 14.2. The molecule has 0 saturated carbocycles. The zero-order valence-corrected chi connectivity index (χ0v) is 11.9. The standard InChI is InChI=1S/C16H22N2O2/c1-2-8-16(20)10-18(11-16)15(19)14-13-6-4-3-5-12(13)7-9-17-14/h3-6,14,17,20H,2,7-11H2,1H3. The Bertz CT molecular complexity index is 509. The van der Waals surface area contributed by atoms with E-state index in [2.05, 4.69) is 18.3 Å². The monoisotopic (exact) mass is 274 g/mol. The Labute approximate surface area is 119 Å². The first-order valence-corrected chi connectivity index (χ1v) is 7.45. The van der Waals surface area contributed by atoms with Crippen LogP contribution in [-0.4, -0.2) is 41.1 Å². The van der Waals surface area contributed by atoms with E-state index >= 15 is 0 Å². The van der Waals surface area contributed by atoms with E-state index in [-0.39, 0.29) is 11.9 Å². The van der Waals surface area contributed by atoms with Crippen LogP contribution in [0.25, 0.3) is 0 Å². The number of nitrogens with zero attached hydrogens (tertiary/aromatic N) is 1. The molecule has 4 heteroatoms. The molecular formula is C16H22N2O2. The number of carbonyl (C=O) groups excluding carboxylic acids is 1. The van der Waals surface area contributed by atoms with Crippen molar-refractivity contribution in [3.05, 3.63) is 35.4 Å². The van der Waals surface area contributed by atoms with E-state index in [0.29, 0.717) is 13.1 Å². The number of amides is 1. The number of aliphatic hydroxyl groups is 1. The molecule has 3 rings (SSSR count). The third kappa shape index (κ3) is 2.34. The van der Waals surface area contributed by atoms with Crippen LogP contribution in [-0.2, 0) is 11.2 Å². The molecule has 2 N–H and O–H groups in total. The minimum absolute atomic E-state index is 0.0953. The van der Waals surface area contributed by atoms with Crippen LogP contribution in [0.4, 0.5) is 0 Å². The van der Waals surface area contributed by atoms with Crippen LogP contribution in [0.2, 0.25) is 0 Å². The molecule has 0 radical (unpaired) electrons. The molecule has 0 aromatic heterocycles. The highest BCUT2D eigenvalue weighted by atomic mass is 16.3. The highest BCUT2D eigenvalue weighted by molar-refractivity contribution is 5.85. The molecule has 1 aromatic carbocycles. The summed E-state index contributed by atoms with van der Waals surface area (Å²) in [6, 6.07) is 7.89. The second kappa shape index (κ2) is 5.19. The predicted octanol–water partition coefficient (Wildman–Crippen LogP) is 1.25. The van der Waals surface area contributed by atoms with Gasteiger partial charge in [-0.3, -0.25) is 4.79 Å². The molecule has 20 heavy (non-hydrogen) atoms. The number of rotatable bonds is 3. The summed E-state index contributed by atoms with van der Waals surface area (Å²) < 4.78 is 0. The summed E-state index contributed by atoms with van der Waals surface area (Å²) in [6.07, 6.45) is 2.69. The van der Waals surface area contributed by atoms with Gasteiger partial charge in [-0.1, -0.05) is 37.6 Å². The van der Waals surface area contributed by atoms with Crippen LogP contribution in [0.15, 0.2) is 24.3 Å². The van der Waals surface area contributed by atoms with Gasteiger partial charge < -0.3 is 15.3 Å². The van der Waals surface area contributed by atoms with E-state index < -0.39 is 5.60 Å². The minimum atomic E-state index is -0.654. The van der Waals surface area contributed by atoms with Gasteiger partial charge in [-0.05, 0) is 24.0 Å². The molecule has 2 aliphatic rings. The van der Waals surface area contributed by atoms with Gasteiger partial charge in [0.05, 0.1) is 18.7 Å². The van der Waals surface area contributed by atoms with E-state index in [9.17, 15) is 9.90 Å². The van der Waals surface area contributed by atoms with Crippen molar-refractivity contribution >= 4 is 5.91 Å². The molecule has 0 bridgehead atoms. The Morgan fingerprint density at radius 1 is 1.45 bits per heavy atom. The molecule has 2 heterocycles. The summed E-state index contributed by atoms with van der Waals surface area (Å²) in [6.45, 7) is 3.84. The number of fused-ring (bicyclic) bond motifs is 1. The molecule has 108 valence electrons. The summed E-state index contributed by atoms with van der Waals surface area (Å²) in [5, 5.41) is 13.5. The molecule has 1 unspecified atom stereocenters. The third-order valence-electron chi connectivity index (χ3n) is 4.35. The molecule has 1 aromatic rings. The van der Waals surface area contributed by atoms with Gasteiger partial charge in [-0.25, -0.2) is 0 Å². The first kappa shape index (κ1) is 13.6. The summed E-state index contributed by atoms with van der Waals surface area (Å²) in [4.78, 5) is 14.4. The second-order valence-corrected chi connectivity index (χ2v) is 6.00. The Morgan fingerprint density at radius 3 is 2.95 bits per heavy atom. The van der Waals surface area contributed by atoms with E-state index in [1.807, 2.05) is 18.2 Å². The molecule has 1 fully saturated rings. The van der Waals surface area contributed by atoms with Crippen molar-refractivity contribution in [2.75, 3.05) is 19.6 Å². The number of β-amino-alcohol motifs (C(OH)–C–C–N with tert-alkyl or cyclic N) is 1. The van der Waals surface area contributed by atoms with Crippen molar-refractivity contribution < 1.29 is 9.90 Å². The maximum absolute atomic E-state index is 12.6. The molecule has 2 aliphatic heterocycles. The molecule has 1 atom stereocenters. The van der Waals surface area contributed by atoms with Crippen LogP contribution in [0, 0.1) is 0 Å². The van der Waals surface area contributed by atoms with Crippen molar-refractivity contribution in [2.45, 2.75) is 37.8 Å². The van der Waals surface area contributed by atoms with Gasteiger partial charge in [0.1, 0.15) is 6.04 Å². The molecular weight excluding hydrogens is 252 g/mol. The van der Waals surface area contributed by atoms with Gasteiger partial charge >= 0.3 is 0 Å². The van der Waals surface area contributed by atoms with Gasteiger partial charge in [0, 0.05) is 6.54 Å². The van der Waals surface area contributed by atoms with Crippen LogP contribution in [0.5, 0.6) is 0 Å².